The third-order valence-corrected chi connectivity index (χ3v) is 8.20. The molecule has 0 spiro atoms. The van der Waals surface area contributed by atoms with Crippen LogP contribution in [0.2, 0.25) is 10.0 Å². The van der Waals surface area contributed by atoms with Crippen molar-refractivity contribution in [1.29, 1.82) is 0 Å². The van der Waals surface area contributed by atoms with Gasteiger partial charge in [-0.1, -0.05) is 58.2 Å². The van der Waals surface area contributed by atoms with E-state index >= 15 is 0 Å². The third kappa shape index (κ3) is 6.03. The van der Waals surface area contributed by atoms with Gasteiger partial charge < -0.3 is 4.74 Å². The molecule has 0 radical (unpaired) electrons. The molecule has 3 aromatic rings. The summed E-state index contributed by atoms with van der Waals surface area (Å²) >= 11 is 21.2. The summed E-state index contributed by atoms with van der Waals surface area (Å²) in [5.74, 6) is 0.482. The first-order chi connectivity index (χ1) is 17.2. The van der Waals surface area contributed by atoms with Crippen LogP contribution >= 0.6 is 66.8 Å². The fraction of sp³-hybridized carbons (Fsp3) is 0.185. The lowest BCUT2D eigenvalue weighted by Gasteiger charge is -2.17. The van der Waals surface area contributed by atoms with E-state index in [4.69, 9.17) is 32.9 Å². The Balaban J connectivity index is 1.83. The number of hydrogen-bond donors (Lipinski definition) is 0. The highest BCUT2D eigenvalue weighted by Crippen LogP contribution is 2.41. The van der Waals surface area contributed by atoms with E-state index < -0.39 is 0 Å². The van der Waals surface area contributed by atoms with Crippen LogP contribution in [-0.2, 0) is 4.79 Å². The minimum absolute atomic E-state index is 0.200. The Labute approximate surface area is 242 Å². The summed E-state index contributed by atoms with van der Waals surface area (Å²) in [6, 6.07) is 15.0. The monoisotopic (exact) mass is 666 g/mol. The molecule has 0 aliphatic carbocycles. The van der Waals surface area contributed by atoms with Crippen molar-refractivity contribution in [2.45, 2.75) is 27.2 Å². The highest BCUT2D eigenvalue weighted by molar-refractivity contribution is 9.11. The van der Waals surface area contributed by atoms with Crippen molar-refractivity contribution in [3.63, 3.8) is 0 Å². The molecule has 0 aromatic heterocycles. The number of carbonyl (C=O) groups excluding carboxylic acids is 1. The number of ether oxygens (including phenoxy) is 1. The van der Waals surface area contributed by atoms with Gasteiger partial charge in [-0.05, 0) is 102 Å². The maximum Gasteiger partial charge on any atom is 0.271 e. The van der Waals surface area contributed by atoms with Gasteiger partial charge >= 0.3 is 0 Å². The fourth-order valence-corrected chi connectivity index (χ4v) is 6.16. The van der Waals surface area contributed by atoms with E-state index in [-0.39, 0.29) is 5.91 Å². The van der Waals surface area contributed by atoms with Gasteiger partial charge in [0.05, 0.1) is 27.4 Å². The van der Waals surface area contributed by atoms with Gasteiger partial charge in [0.25, 0.3) is 5.91 Å². The van der Waals surface area contributed by atoms with Crippen LogP contribution in [0.4, 0.5) is 11.4 Å². The zero-order valence-electron chi connectivity index (χ0n) is 19.7. The van der Waals surface area contributed by atoms with E-state index in [1.807, 2.05) is 63.2 Å². The smallest absolute Gasteiger partial charge is 0.271 e. The molecule has 4 rings (SSSR count). The molecule has 1 aliphatic heterocycles. The van der Waals surface area contributed by atoms with Crippen LogP contribution in [0.1, 0.15) is 30.0 Å². The van der Waals surface area contributed by atoms with Crippen LogP contribution in [0, 0.1) is 13.8 Å². The minimum atomic E-state index is -0.200. The number of amides is 1. The lowest BCUT2D eigenvalue weighted by atomic mass is 10.1. The SMILES string of the molecule is CCCOc1c(Br)cc(Br)cc1/C=C1/SC(=Nc2ccc(C)c(Cl)c2)N(c2ccc(C)c(Cl)c2)C1=O. The number of halogens is 4. The van der Waals surface area contributed by atoms with Crippen LogP contribution in [0.5, 0.6) is 5.75 Å². The van der Waals surface area contributed by atoms with Gasteiger partial charge in [-0.3, -0.25) is 9.69 Å². The molecule has 1 aliphatic rings. The molecule has 0 saturated carbocycles. The fourth-order valence-electron chi connectivity index (χ4n) is 3.44. The van der Waals surface area contributed by atoms with Crippen molar-refractivity contribution in [3.05, 3.63) is 89.1 Å². The zero-order valence-corrected chi connectivity index (χ0v) is 25.2. The van der Waals surface area contributed by atoms with Gasteiger partial charge in [0.2, 0.25) is 0 Å². The number of aryl methyl sites for hydroxylation is 2. The number of amidine groups is 1. The summed E-state index contributed by atoms with van der Waals surface area (Å²) in [7, 11) is 0. The van der Waals surface area contributed by atoms with E-state index in [2.05, 4.69) is 31.9 Å². The number of nitrogens with zero attached hydrogens (tertiary/aromatic N) is 2. The van der Waals surface area contributed by atoms with Gasteiger partial charge in [-0.2, -0.15) is 0 Å². The van der Waals surface area contributed by atoms with E-state index in [1.54, 1.807) is 17.0 Å². The van der Waals surface area contributed by atoms with E-state index in [9.17, 15) is 4.79 Å². The molecule has 1 heterocycles. The van der Waals surface area contributed by atoms with Gasteiger partial charge in [-0.25, -0.2) is 4.99 Å². The molecule has 1 fully saturated rings. The summed E-state index contributed by atoms with van der Waals surface area (Å²) in [4.78, 5) is 20.6. The van der Waals surface area contributed by atoms with Crippen LogP contribution < -0.4 is 9.64 Å². The van der Waals surface area contributed by atoms with E-state index in [1.165, 1.54) is 11.8 Å². The number of anilines is 1. The molecule has 0 bridgehead atoms. The molecule has 3 aromatic carbocycles. The molecule has 1 saturated heterocycles. The van der Waals surface area contributed by atoms with Crippen molar-refractivity contribution in [3.8, 4) is 5.75 Å². The Morgan fingerprint density at radius 2 is 1.72 bits per heavy atom. The Bertz CT molecular complexity index is 1410. The minimum Gasteiger partial charge on any atom is -0.492 e. The average Bonchev–Trinajstić information content (AvgIpc) is 3.12. The van der Waals surface area contributed by atoms with Crippen molar-refractivity contribution in [1.82, 2.24) is 0 Å². The van der Waals surface area contributed by atoms with E-state index in [0.717, 1.165) is 32.1 Å². The summed E-state index contributed by atoms with van der Waals surface area (Å²) in [6.45, 7) is 6.46. The molecule has 186 valence electrons. The second-order valence-electron chi connectivity index (χ2n) is 8.17. The number of thioether (sulfide) groups is 1. The normalized spacial score (nSPS) is 15.9. The summed E-state index contributed by atoms with van der Waals surface area (Å²) in [5.41, 5.74) is 3.96. The maximum absolute atomic E-state index is 13.7. The standard InChI is InChI=1S/C27H22Br2Cl2N2O2S/c1-4-9-35-25-17(10-18(28)12-21(25)29)11-24-26(34)33(20-8-6-16(3)23(31)14-20)27(36-24)32-19-7-5-15(2)22(30)13-19/h5-8,10-14H,4,9H2,1-3H3/b24-11+,32-27?. The van der Waals surface area contributed by atoms with Crippen molar-refractivity contribution >= 4 is 95.3 Å². The number of rotatable bonds is 6. The lowest BCUT2D eigenvalue weighted by Crippen LogP contribution is -2.28. The summed E-state index contributed by atoms with van der Waals surface area (Å²) in [6.07, 6.45) is 2.70. The molecule has 4 nitrogen and oxygen atoms in total. The van der Waals surface area contributed by atoms with Crippen molar-refractivity contribution < 1.29 is 9.53 Å². The van der Waals surface area contributed by atoms with Gasteiger partial charge in [0.1, 0.15) is 5.75 Å². The van der Waals surface area contributed by atoms with Crippen LogP contribution in [0.3, 0.4) is 0 Å². The first-order valence-electron chi connectivity index (χ1n) is 11.1. The maximum atomic E-state index is 13.7. The first kappa shape index (κ1) is 27.3. The van der Waals surface area contributed by atoms with Gasteiger partial charge in [-0.15, -0.1) is 0 Å². The molecular weight excluding hydrogens is 647 g/mol. The molecule has 1 amide bonds. The van der Waals surface area contributed by atoms with Crippen molar-refractivity contribution in [2.75, 3.05) is 11.5 Å². The Kier molecular flexibility index (Phi) is 8.89. The predicted molar refractivity (Wildman–Crippen MR) is 160 cm³/mol. The number of hydrogen-bond acceptors (Lipinski definition) is 4. The average molecular weight is 669 g/mol. The number of aliphatic imine (C=N–C) groups is 1. The van der Waals surface area contributed by atoms with Gasteiger partial charge in [0, 0.05) is 20.1 Å². The third-order valence-electron chi connectivity index (χ3n) is 5.37. The first-order valence-corrected chi connectivity index (χ1v) is 14.3. The topological polar surface area (TPSA) is 41.9 Å². The predicted octanol–water partition coefficient (Wildman–Crippen LogP) is 9.73. The molecule has 0 N–H and O–H groups in total. The summed E-state index contributed by atoms with van der Waals surface area (Å²) in [5, 5.41) is 1.70. The zero-order chi connectivity index (χ0) is 26.0. The quantitative estimate of drug-likeness (QED) is 0.246. The van der Waals surface area contributed by atoms with Crippen LogP contribution in [-0.4, -0.2) is 17.7 Å². The second-order valence-corrected chi connectivity index (χ2v) is 11.8. The summed E-state index contributed by atoms with van der Waals surface area (Å²) < 4.78 is 7.67. The lowest BCUT2D eigenvalue weighted by molar-refractivity contribution is -0.113. The van der Waals surface area contributed by atoms with Crippen molar-refractivity contribution in [2.24, 2.45) is 4.99 Å². The molecule has 0 atom stereocenters. The van der Waals surface area contributed by atoms with Crippen LogP contribution in [0.25, 0.3) is 6.08 Å². The molecule has 9 heteroatoms. The van der Waals surface area contributed by atoms with Crippen LogP contribution in [0.15, 0.2) is 67.4 Å². The van der Waals surface area contributed by atoms with Gasteiger partial charge in [0.15, 0.2) is 5.17 Å². The highest BCUT2D eigenvalue weighted by atomic mass is 79.9. The molecule has 36 heavy (non-hydrogen) atoms. The van der Waals surface area contributed by atoms with E-state index in [0.29, 0.717) is 43.8 Å². The number of benzene rings is 3. The largest absolute Gasteiger partial charge is 0.492 e. The Hall–Kier alpha value is -1.77. The molecular formula is C27H22Br2Cl2N2O2S. The number of carbonyl (C=O) groups is 1. The Morgan fingerprint density at radius 3 is 2.39 bits per heavy atom. The highest BCUT2D eigenvalue weighted by Gasteiger charge is 2.35. The Morgan fingerprint density at radius 1 is 1.03 bits per heavy atom. The molecule has 0 unspecified atom stereocenters. The second kappa shape index (κ2) is 11.7.